The van der Waals surface area contributed by atoms with Crippen LogP contribution in [0.15, 0.2) is 64.5 Å². The average Bonchev–Trinajstić information content (AvgIpc) is 3.06. The molecule has 4 rings (SSSR count). The van der Waals surface area contributed by atoms with Gasteiger partial charge in [-0.15, -0.1) is 0 Å². The van der Waals surface area contributed by atoms with Gasteiger partial charge in [-0.05, 0) is 56.3 Å². The number of hydrogen-bond acceptors (Lipinski definition) is 5. The van der Waals surface area contributed by atoms with Crippen molar-refractivity contribution in [2.24, 2.45) is 0 Å². The summed E-state index contributed by atoms with van der Waals surface area (Å²) in [7, 11) is 0. The molecule has 0 fully saturated rings. The molecule has 6 nitrogen and oxygen atoms in total. The number of ether oxygens (including phenoxy) is 1. The van der Waals surface area contributed by atoms with Crippen LogP contribution >= 0.6 is 11.8 Å². The van der Waals surface area contributed by atoms with Gasteiger partial charge in [0.15, 0.2) is 10.9 Å². The molecule has 0 aliphatic rings. The van der Waals surface area contributed by atoms with Crippen molar-refractivity contribution in [3.05, 3.63) is 81.9 Å². The van der Waals surface area contributed by atoms with E-state index in [4.69, 9.17) is 0 Å². The number of nitrogens with zero attached hydrogens (tertiary/aromatic N) is 2. The first kappa shape index (κ1) is 21.8. The normalized spacial score (nSPS) is 11.3. The standard InChI is InChI=1S/C23H19F2N3O3S/c1-13-11-18(14(2)28(13)15-7-9-16(10-8-15)31-22(24)25)20(29)12-32-23-26-19-6-4-3-5-17(19)21(30)27-23/h3-11,22H,12H2,1-2H3,(H,26,27,30). The number of alkyl halides is 2. The highest BCUT2D eigenvalue weighted by molar-refractivity contribution is 7.99. The maximum absolute atomic E-state index is 12.9. The molecule has 0 bridgehead atoms. The Balaban J connectivity index is 1.53. The number of Topliss-reactive ketones (excluding diaryl/α,β-unsaturated/α-hetero) is 1. The summed E-state index contributed by atoms with van der Waals surface area (Å²) >= 11 is 1.17. The van der Waals surface area contributed by atoms with Crippen LogP contribution in [-0.2, 0) is 0 Å². The molecule has 0 saturated heterocycles. The molecule has 0 radical (unpaired) electrons. The van der Waals surface area contributed by atoms with Gasteiger partial charge in [0.2, 0.25) is 0 Å². The fourth-order valence-corrected chi connectivity index (χ4v) is 4.32. The molecular formula is C23H19F2N3O3S. The van der Waals surface area contributed by atoms with Crippen molar-refractivity contribution in [2.75, 3.05) is 5.75 Å². The van der Waals surface area contributed by atoms with E-state index in [0.717, 1.165) is 17.1 Å². The zero-order valence-corrected chi connectivity index (χ0v) is 18.1. The summed E-state index contributed by atoms with van der Waals surface area (Å²) < 4.78 is 31.0. The second-order valence-electron chi connectivity index (χ2n) is 7.09. The summed E-state index contributed by atoms with van der Waals surface area (Å²) in [5.41, 5.74) is 3.16. The SMILES string of the molecule is Cc1cc(C(=O)CSc2nc3ccccc3c(=O)[nH]2)c(C)n1-c1ccc(OC(F)F)cc1. The molecule has 32 heavy (non-hydrogen) atoms. The van der Waals surface area contributed by atoms with E-state index in [9.17, 15) is 18.4 Å². The number of benzene rings is 2. The lowest BCUT2D eigenvalue weighted by atomic mass is 10.2. The number of H-pyrrole nitrogens is 1. The molecule has 0 aliphatic heterocycles. The number of hydrogen-bond donors (Lipinski definition) is 1. The van der Waals surface area contributed by atoms with E-state index in [2.05, 4.69) is 14.7 Å². The smallest absolute Gasteiger partial charge is 0.387 e. The topological polar surface area (TPSA) is 77.0 Å². The molecule has 2 heterocycles. The molecule has 2 aromatic carbocycles. The largest absolute Gasteiger partial charge is 0.435 e. The van der Waals surface area contributed by atoms with Crippen LogP contribution in [0, 0.1) is 13.8 Å². The van der Waals surface area contributed by atoms with Crippen molar-refractivity contribution >= 4 is 28.4 Å². The number of thioether (sulfide) groups is 1. The Labute approximate surface area is 186 Å². The fourth-order valence-electron chi connectivity index (χ4n) is 3.56. The molecule has 0 atom stereocenters. The molecular weight excluding hydrogens is 436 g/mol. The molecule has 0 unspecified atom stereocenters. The summed E-state index contributed by atoms with van der Waals surface area (Å²) in [4.78, 5) is 32.2. The number of aromatic nitrogens is 3. The monoisotopic (exact) mass is 455 g/mol. The molecule has 164 valence electrons. The van der Waals surface area contributed by atoms with Crippen molar-refractivity contribution in [1.29, 1.82) is 0 Å². The molecule has 0 spiro atoms. The first-order valence-corrected chi connectivity index (χ1v) is 10.7. The van der Waals surface area contributed by atoms with E-state index >= 15 is 0 Å². The molecule has 2 aromatic heterocycles. The van der Waals surface area contributed by atoms with Crippen LogP contribution in [0.4, 0.5) is 8.78 Å². The third kappa shape index (κ3) is 4.43. The first-order chi connectivity index (χ1) is 15.3. The number of aryl methyl sites for hydroxylation is 1. The van der Waals surface area contributed by atoms with Crippen molar-refractivity contribution in [1.82, 2.24) is 14.5 Å². The van der Waals surface area contributed by atoms with Crippen LogP contribution in [0.1, 0.15) is 21.7 Å². The number of fused-ring (bicyclic) bond motifs is 1. The van der Waals surface area contributed by atoms with Crippen LogP contribution in [0.2, 0.25) is 0 Å². The Morgan fingerprint density at radius 3 is 2.59 bits per heavy atom. The van der Waals surface area contributed by atoms with Crippen LogP contribution < -0.4 is 10.3 Å². The molecule has 9 heteroatoms. The Morgan fingerprint density at radius 1 is 1.16 bits per heavy atom. The molecule has 0 amide bonds. The van der Waals surface area contributed by atoms with Crippen LogP contribution in [0.3, 0.4) is 0 Å². The lowest BCUT2D eigenvalue weighted by molar-refractivity contribution is -0.0498. The van der Waals surface area contributed by atoms with Gasteiger partial charge in [-0.2, -0.15) is 8.78 Å². The quantitative estimate of drug-likeness (QED) is 0.244. The van der Waals surface area contributed by atoms with E-state index in [0.29, 0.717) is 21.6 Å². The zero-order valence-electron chi connectivity index (χ0n) is 17.3. The van der Waals surface area contributed by atoms with Gasteiger partial charge in [-0.1, -0.05) is 23.9 Å². The highest BCUT2D eigenvalue weighted by Crippen LogP contribution is 2.25. The summed E-state index contributed by atoms with van der Waals surface area (Å²) in [5.74, 6) is 0.0609. The van der Waals surface area contributed by atoms with Crippen LogP contribution in [-0.4, -0.2) is 32.7 Å². The maximum Gasteiger partial charge on any atom is 0.387 e. The van der Waals surface area contributed by atoms with Crippen LogP contribution in [0.5, 0.6) is 5.75 Å². The predicted octanol–water partition coefficient (Wildman–Crippen LogP) is 4.91. The number of aromatic amines is 1. The third-order valence-corrected chi connectivity index (χ3v) is 5.86. The first-order valence-electron chi connectivity index (χ1n) is 9.72. The van der Waals surface area contributed by atoms with Gasteiger partial charge < -0.3 is 14.3 Å². The van der Waals surface area contributed by atoms with Crippen LogP contribution in [0.25, 0.3) is 16.6 Å². The van der Waals surface area contributed by atoms with Gasteiger partial charge in [0.25, 0.3) is 5.56 Å². The van der Waals surface area contributed by atoms with Gasteiger partial charge in [0, 0.05) is 22.6 Å². The highest BCUT2D eigenvalue weighted by Gasteiger charge is 2.18. The lowest BCUT2D eigenvalue weighted by Crippen LogP contribution is -2.11. The number of carbonyl (C=O) groups is 1. The van der Waals surface area contributed by atoms with Gasteiger partial charge in [0.05, 0.1) is 16.7 Å². The van der Waals surface area contributed by atoms with Gasteiger partial charge in [-0.3, -0.25) is 9.59 Å². The van der Waals surface area contributed by atoms with Crippen molar-refractivity contribution in [3.63, 3.8) is 0 Å². The summed E-state index contributed by atoms with van der Waals surface area (Å²) in [6.07, 6.45) is 0. The number of para-hydroxylation sites is 1. The van der Waals surface area contributed by atoms with Gasteiger partial charge in [0.1, 0.15) is 5.75 Å². The second-order valence-corrected chi connectivity index (χ2v) is 8.06. The maximum atomic E-state index is 12.9. The van der Waals surface area contributed by atoms with Crippen molar-refractivity contribution in [2.45, 2.75) is 25.6 Å². The summed E-state index contributed by atoms with van der Waals surface area (Å²) in [6, 6.07) is 15.0. The van der Waals surface area contributed by atoms with Gasteiger partial charge >= 0.3 is 6.61 Å². The summed E-state index contributed by atoms with van der Waals surface area (Å²) in [5, 5.41) is 0.877. The minimum atomic E-state index is -2.88. The van der Waals surface area contributed by atoms with E-state index < -0.39 is 6.61 Å². The average molecular weight is 455 g/mol. The Kier molecular flexibility index (Phi) is 6.09. The Morgan fingerprint density at radius 2 is 1.88 bits per heavy atom. The lowest BCUT2D eigenvalue weighted by Gasteiger charge is -2.11. The summed E-state index contributed by atoms with van der Waals surface area (Å²) in [6.45, 7) is 0.803. The highest BCUT2D eigenvalue weighted by atomic mass is 32.2. The molecule has 0 saturated carbocycles. The number of nitrogens with one attached hydrogen (secondary N) is 1. The number of carbonyl (C=O) groups excluding carboxylic acids is 1. The van der Waals surface area contributed by atoms with E-state index in [-0.39, 0.29) is 22.8 Å². The molecule has 4 aromatic rings. The number of ketones is 1. The molecule has 1 N–H and O–H groups in total. The Hall–Kier alpha value is -3.46. The minimum absolute atomic E-state index is 0.0655. The van der Waals surface area contributed by atoms with E-state index in [1.54, 1.807) is 42.5 Å². The third-order valence-electron chi connectivity index (χ3n) is 4.98. The van der Waals surface area contributed by atoms with E-state index in [1.165, 1.54) is 23.9 Å². The fraction of sp³-hybridized carbons (Fsp3) is 0.174. The molecule has 0 aliphatic carbocycles. The second kappa shape index (κ2) is 8.96. The zero-order chi connectivity index (χ0) is 22.8. The predicted molar refractivity (Wildman–Crippen MR) is 119 cm³/mol. The number of halogens is 2. The number of rotatable bonds is 7. The Bertz CT molecular complexity index is 1350. The van der Waals surface area contributed by atoms with Crippen molar-refractivity contribution < 1.29 is 18.3 Å². The minimum Gasteiger partial charge on any atom is -0.435 e. The van der Waals surface area contributed by atoms with E-state index in [1.807, 2.05) is 18.4 Å². The van der Waals surface area contributed by atoms with Crippen molar-refractivity contribution in [3.8, 4) is 11.4 Å². The van der Waals surface area contributed by atoms with Gasteiger partial charge in [-0.25, -0.2) is 4.98 Å².